The van der Waals surface area contributed by atoms with Gasteiger partial charge in [0.2, 0.25) is 5.91 Å². The third-order valence-corrected chi connectivity index (χ3v) is 3.42. The molecule has 4 N–H and O–H groups in total. The highest BCUT2D eigenvalue weighted by atomic mass is 79.9. The number of halogens is 2. The lowest BCUT2D eigenvalue weighted by Gasteiger charge is -2.13. The number of aliphatic carboxylic acids is 1. The largest absolute Gasteiger partial charge is 0.481 e. The first kappa shape index (κ1) is 15.1. The molecule has 1 atom stereocenters. The van der Waals surface area contributed by atoms with Crippen molar-refractivity contribution in [2.45, 2.75) is 19.4 Å². The molecule has 1 aromatic carbocycles. The van der Waals surface area contributed by atoms with Gasteiger partial charge in [-0.3, -0.25) is 9.59 Å². The fraction of sp³-hybridized carbons (Fsp3) is 0.273. The van der Waals surface area contributed by atoms with Gasteiger partial charge in [0.05, 0.1) is 18.2 Å². The van der Waals surface area contributed by atoms with Crippen LogP contribution < -0.4 is 11.1 Å². The summed E-state index contributed by atoms with van der Waals surface area (Å²) in [5, 5.41) is 11.2. The highest BCUT2D eigenvalue weighted by molar-refractivity contribution is 9.11. The molecule has 1 aromatic rings. The summed E-state index contributed by atoms with van der Waals surface area (Å²) in [5.41, 5.74) is 7.02. The van der Waals surface area contributed by atoms with Crippen LogP contribution in [0.15, 0.2) is 21.1 Å². The summed E-state index contributed by atoms with van der Waals surface area (Å²) in [6.45, 7) is 1.91. The molecule has 0 bridgehead atoms. The van der Waals surface area contributed by atoms with Crippen molar-refractivity contribution in [3.8, 4) is 0 Å². The van der Waals surface area contributed by atoms with Crippen LogP contribution in [-0.2, 0) is 9.59 Å². The summed E-state index contributed by atoms with van der Waals surface area (Å²) in [5.74, 6) is -1.65. The van der Waals surface area contributed by atoms with Crippen LogP contribution >= 0.6 is 31.9 Å². The lowest BCUT2D eigenvalue weighted by Crippen LogP contribution is -2.37. The van der Waals surface area contributed by atoms with Gasteiger partial charge in [0.15, 0.2) is 0 Å². The minimum atomic E-state index is -1.11. The third kappa shape index (κ3) is 4.08. The average molecular weight is 380 g/mol. The molecule has 0 spiro atoms. The number of nitrogens with two attached hydrogens (primary N) is 1. The maximum atomic E-state index is 11.7. The van der Waals surface area contributed by atoms with Gasteiger partial charge in [-0.05, 0) is 56.5 Å². The Balaban J connectivity index is 2.85. The van der Waals surface area contributed by atoms with Crippen LogP contribution in [0.2, 0.25) is 0 Å². The van der Waals surface area contributed by atoms with E-state index < -0.39 is 24.3 Å². The number of hydrogen-bond donors (Lipinski definition) is 3. The number of hydrogen-bond acceptors (Lipinski definition) is 3. The van der Waals surface area contributed by atoms with Gasteiger partial charge in [-0.25, -0.2) is 0 Å². The van der Waals surface area contributed by atoms with Crippen molar-refractivity contribution in [3.63, 3.8) is 0 Å². The predicted octanol–water partition coefficient (Wildman–Crippen LogP) is 2.26. The van der Waals surface area contributed by atoms with E-state index in [1.54, 1.807) is 0 Å². The first-order chi connectivity index (χ1) is 8.31. The van der Waals surface area contributed by atoms with E-state index in [2.05, 4.69) is 37.2 Å². The van der Waals surface area contributed by atoms with Crippen LogP contribution in [0.4, 0.5) is 5.69 Å². The van der Waals surface area contributed by atoms with Crippen LogP contribution in [-0.4, -0.2) is 23.0 Å². The molecule has 0 aliphatic carbocycles. The van der Waals surface area contributed by atoms with Gasteiger partial charge >= 0.3 is 5.97 Å². The summed E-state index contributed by atoms with van der Waals surface area (Å²) in [6.07, 6.45) is -0.410. The van der Waals surface area contributed by atoms with Gasteiger partial charge in [-0.1, -0.05) is 0 Å². The van der Waals surface area contributed by atoms with Crippen molar-refractivity contribution in [1.82, 2.24) is 0 Å². The van der Waals surface area contributed by atoms with Gasteiger partial charge in [0.25, 0.3) is 0 Å². The van der Waals surface area contributed by atoms with Crippen LogP contribution in [0.3, 0.4) is 0 Å². The second kappa shape index (κ2) is 6.31. The quantitative estimate of drug-likeness (QED) is 0.748. The number of rotatable bonds is 4. The van der Waals surface area contributed by atoms with E-state index in [9.17, 15) is 9.59 Å². The molecule has 0 aliphatic rings. The number of amides is 1. The fourth-order valence-electron chi connectivity index (χ4n) is 1.32. The molecule has 1 rings (SSSR count). The average Bonchev–Trinajstić information content (AvgIpc) is 2.21. The predicted molar refractivity (Wildman–Crippen MR) is 75.4 cm³/mol. The first-order valence-corrected chi connectivity index (χ1v) is 6.63. The first-order valence-electron chi connectivity index (χ1n) is 5.05. The van der Waals surface area contributed by atoms with Crippen molar-refractivity contribution < 1.29 is 14.7 Å². The van der Waals surface area contributed by atoms with Gasteiger partial charge in [-0.15, -0.1) is 0 Å². The standard InChI is InChI=1S/C11H12Br2N2O3/c1-5-2-6(12)10(7(13)3-5)15-11(18)8(14)4-9(16)17/h2-3,8H,4,14H2,1H3,(H,15,18)(H,16,17). The number of anilines is 1. The molecule has 0 saturated carbocycles. The minimum absolute atomic E-state index is 0.410. The van der Waals surface area contributed by atoms with E-state index in [-0.39, 0.29) is 0 Å². The van der Waals surface area contributed by atoms with Crippen molar-refractivity contribution in [2.75, 3.05) is 5.32 Å². The summed E-state index contributed by atoms with van der Waals surface area (Å²) in [4.78, 5) is 22.2. The van der Waals surface area contributed by atoms with E-state index in [1.807, 2.05) is 19.1 Å². The number of carbonyl (C=O) groups is 2. The van der Waals surface area contributed by atoms with Crippen molar-refractivity contribution in [3.05, 3.63) is 26.6 Å². The Morgan fingerprint density at radius 3 is 2.33 bits per heavy atom. The minimum Gasteiger partial charge on any atom is -0.481 e. The molecule has 5 nitrogen and oxygen atoms in total. The third-order valence-electron chi connectivity index (χ3n) is 2.17. The van der Waals surface area contributed by atoms with Crippen molar-refractivity contribution in [1.29, 1.82) is 0 Å². The van der Waals surface area contributed by atoms with E-state index in [0.29, 0.717) is 14.6 Å². The zero-order valence-electron chi connectivity index (χ0n) is 9.54. The molecule has 0 aromatic heterocycles. The molecule has 0 radical (unpaired) electrons. The normalized spacial score (nSPS) is 12.0. The summed E-state index contributed by atoms with van der Waals surface area (Å²) < 4.78 is 1.40. The van der Waals surface area contributed by atoms with Crippen LogP contribution in [0.25, 0.3) is 0 Å². The Morgan fingerprint density at radius 2 is 1.89 bits per heavy atom. The SMILES string of the molecule is Cc1cc(Br)c(NC(=O)C(N)CC(=O)O)c(Br)c1. The van der Waals surface area contributed by atoms with Crippen molar-refractivity contribution in [2.24, 2.45) is 5.73 Å². The second-order valence-electron chi connectivity index (χ2n) is 3.80. The number of nitrogens with one attached hydrogen (secondary N) is 1. The molecular formula is C11H12Br2N2O3. The lowest BCUT2D eigenvalue weighted by atomic mass is 10.2. The molecular weight excluding hydrogens is 368 g/mol. The Labute approximate surface area is 121 Å². The number of carbonyl (C=O) groups excluding carboxylic acids is 1. The van der Waals surface area contributed by atoms with E-state index in [0.717, 1.165) is 5.56 Å². The van der Waals surface area contributed by atoms with E-state index in [4.69, 9.17) is 10.8 Å². The fourth-order valence-corrected chi connectivity index (χ4v) is 2.93. The topological polar surface area (TPSA) is 92.4 Å². The Kier molecular flexibility index (Phi) is 5.30. The summed E-state index contributed by atoms with van der Waals surface area (Å²) in [6, 6.07) is 2.59. The Morgan fingerprint density at radius 1 is 1.39 bits per heavy atom. The zero-order valence-corrected chi connectivity index (χ0v) is 12.7. The molecule has 0 heterocycles. The smallest absolute Gasteiger partial charge is 0.305 e. The van der Waals surface area contributed by atoms with Gasteiger partial charge < -0.3 is 16.2 Å². The van der Waals surface area contributed by atoms with E-state index >= 15 is 0 Å². The molecule has 7 heteroatoms. The van der Waals surface area contributed by atoms with Gasteiger partial charge in [0, 0.05) is 8.95 Å². The van der Waals surface area contributed by atoms with Crippen LogP contribution in [0, 0.1) is 6.92 Å². The highest BCUT2D eigenvalue weighted by Gasteiger charge is 2.19. The number of carboxylic acid groups (broad SMARTS) is 1. The second-order valence-corrected chi connectivity index (χ2v) is 5.51. The Bertz CT molecular complexity index is 468. The van der Waals surface area contributed by atoms with Crippen LogP contribution in [0.1, 0.15) is 12.0 Å². The number of carboxylic acids is 1. The van der Waals surface area contributed by atoms with Crippen LogP contribution in [0.5, 0.6) is 0 Å². The molecule has 98 valence electrons. The lowest BCUT2D eigenvalue weighted by molar-refractivity contribution is -0.138. The molecule has 0 aliphatic heterocycles. The molecule has 1 amide bonds. The summed E-state index contributed by atoms with van der Waals surface area (Å²) >= 11 is 6.65. The van der Waals surface area contributed by atoms with E-state index in [1.165, 1.54) is 0 Å². The monoisotopic (exact) mass is 378 g/mol. The molecule has 18 heavy (non-hydrogen) atoms. The van der Waals surface area contributed by atoms with Crippen molar-refractivity contribution >= 4 is 49.4 Å². The molecule has 0 fully saturated rings. The highest BCUT2D eigenvalue weighted by Crippen LogP contribution is 2.32. The van der Waals surface area contributed by atoms with Gasteiger partial charge in [0.1, 0.15) is 0 Å². The zero-order chi connectivity index (χ0) is 13.9. The number of benzene rings is 1. The molecule has 0 saturated heterocycles. The summed E-state index contributed by atoms with van der Waals surface area (Å²) in [7, 11) is 0. The maximum Gasteiger partial charge on any atom is 0.305 e. The number of aryl methyl sites for hydroxylation is 1. The molecule has 1 unspecified atom stereocenters. The van der Waals surface area contributed by atoms with Gasteiger partial charge in [-0.2, -0.15) is 0 Å². The Hall–Kier alpha value is -0.920. The maximum absolute atomic E-state index is 11.7.